The van der Waals surface area contributed by atoms with E-state index < -0.39 is 30.3 Å². The summed E-state index contributed by atoms with van der Waals surface area (Å²) in [6, 6.07) is 17.1. The second kappa shape index (κ2) is 10.9. The summed E-state index contributed by atoms with van der Waals surface area (Å²) in [5.41, 5.74) is 2.78. The molecule has 1 aromatic heterocycles. The van der Waals surface area contributed by atoms with Gasteiger partial charge in [0.1, 0.15) is 24.0 Å². The first kappa shape index (κ1) is 28.0. The van der Waals surface area contributed by atoms with E-state index >= 15 is 0 Å². The summed E-state index contributed by atoms with van der Waals surface area (Å²) < 4.78 is 69.4. The van der Waals surface area contributed by atoms with E-state index in [2.05, 4.69) is 20.6 Å². The largest absolute Gasteiger partial charge is 0.586 e. The van der Waals surface area contributed by atoms with Crippen molar-refractivity contribution in [2.45, 2.75) is 44.7 Å². The van der Waals surface area contributed by atoms with Crippen LogP contribution in [-0.2, 0) is 11.2 Å². The van der Waals surface area contributed by atoms with Crippen LogP contribution in [0.25, 0.3) is 5.69 Å². The maximum atomic E-state index is 15.0. The zero-order chi connectivity index (χ0) is 30.3. The Kier molecular flexibility index (Phi) is 7.09. The van der Waals surface area contributed by atoms with Gasteiger partial charge in [-0.2, -0.15) is 10.4 Å². The van der Waals surface area contributed by atoms with Crippen LogP contribution in [0.4, 0.5) is 13.2 Å². The number of carbonyl (C=O) groups is 1. The number of carbonyl (C=O) groups excluding carboxylic acids is 1. The van der Waals surface area contributed by atoms with Gasteiger partial charge in [0, 0.05) is 11.6 Å². The first-order valence-corrected chi connectivity index (χ1v) is 13.4. The Balaban J connectivity index is 1.31. The number of aromatic nitrogens is 2. The molecule has 0 spiro atoms. The normalized spacial score (nSPS) is 17.0. The maximum absolute atomic E-state index is 15.0. The highest BCUT2D eigenvalue weighted by molar-refractivity contribution is 5.89. The molecule has 6 rings (SSSR count). The summed E-state index contributed by atoms with van der Waals surface area (Å²) in [6.45, 7) is 1.64. The lowest BCUT2D eigenvalue weighted by molar-refractivity contribution is -0.286. The SMILES string of the molecule is COC(=O)c1cccc(O[C@H]2CCCc3c(C#N)nn(-c4ccc(F)c(O[C@@H](C)c5ccc6c(c5)OC(F)(F)O6)c4)c32)c1. The fourth-order valence-corrected chi connectivity index (χ4v) is 5.21. The molecule has 43 heavy (non-hydrogen) atoms. The van der Waals surface area contributed by atoms with Crippen molar-refractivity contribution >= 4 is 5.97 Å². The van der Waals surface area contributed by atoms with Crippen molar-refractivity contribution in [3.63, 3.8) is 0 Å². The summed E-state index contributed by atoms with van der Waals surface area (Å²) >= 11 is 0. The van der Waals surface area contributed by atoms with Gasteiger partial charge in [0.25, 0.3) is 0 Å². The van der Waals surface area contributed by atoms with Crippen LogP contribution >= 0.6 is 0 Å². The van der Waals surface area contributed by atoms with Gasteiger partial charge in [0.15, 0.2) is 28.8 Å². The number of alkyl halides is 2. The Bertz CT molecular complexity index is 1770. The molecular formula is C31H24F3N3O6. The topological polar surface area (TPSA) is 105 Å². The molecule has 3 aromatic carbocycles. The summed E-state index contributed by atoms with van der Waals surface area (Å²) in [5, 5.41) is 14.3. The lowest BCUT2D eigenvalue weighted by atomic mass is 9.93. The molecule has 1 aliphatic carbocycles. The van der Waals surface area contributed by atoms with E-state index in [1.54, 1.807) is 35.9 Å². The first-order chi connectivity index (χ1) is 20.7. The van der Waals surface area contributed by atoms with Crippen LogP contribution in [0.1, 0.15) is 64.8 Å². The van der Waals surface area contributed by atoms with Crippen LogP contribution in [0.15, 0.2) is 60.7 Å². The van der Waals surface area contributed by atoms with Crippen LogP contribution in [-0.4, -0.2) is 29.2 Å². The van der Waals surface area contributed by atoms with Gasteiger partial charge in [-0.25, -0.2) is 13.9 Å². The van der Waals surface area contributed by atoms with Crippen LogP contribution in [0.2, 0.25) is 0 Å². The van der Waals surface area contributed by atoms with Gasteiger partial charge in [-0.05, 0) is 74.2 Å². The molecule has 220 valence electrons. The number of esters is 1. The number of rotatable bonds is 7. The van der Waals surface area contributed by atoms with E-state index in [9.17, 15) is 23.2 Å². The van der Waals surface area contributed by atoms with E-state index in [0.717, 1.165) is 12.0 Å². The molecule has 0 saturated heterocycles. The monoisotopic (exact) mass is 591 g/mol. The second-order valence-electron chi connectivity index (χ2n) is 10.0. The van der Waals surface area contributed by atoms with E-state index in [1.807, 2.05) is 0 Å². The quantitative estimate of drug-likeness (QED) is 0.222. The Labute approximate surface area is 243 Å². The van der Waals surface area contributed by atoms with Gasteiger partial charge >= 0.3 is 12.3 Å². The highest BCUT2D eigenvalue weighted by atomic mass is 19.3. The minimum absolute atomic E-state index is 0.111. The van der Waals surface area contributed by atoms with Gasteiger partial charge in [0.2, 0.25) is 0 Å². The van der Waals surface area contributed by atoms with E-state index in [0.29, 0.717) is 41.1 Å². The average Bonchev–Trinajstić information content (AvgIpc) is 3.53. The average molecular weight is 592 g/mol. The number of nitriles is 1. The Morgan fingerprint density at radius 1 is 1.14 bits per heavy atom. The van der Waals surface area contributed by atoms with Crippen molar-refractivity contribution in [2.75, 3.05) is 7.11 Å². The van der Waals surface area contributed by atoms with Gasteiger partial charge in [-0.15, -0.1) is 8.78 Å². The molecule has 12 heteroatoms. The highest BCUT2D eigenvalue weighted by Gasteiger charge is 2.43. The zero-order valence-corrected chi connectivity index (χ0v) is 23.0. The van der Waals surface area contributed by atoms with Crippen LogP contribution in [0.5, 0.6) is 23.0 Å². The molecule has 0 fully saturated rings. The third-order valence-electron chi connectivity index (χ3n) is 7.22. The number of hydrogen-bond acceptors (Lipinski definition) is 8. The van der Waals surface area contributed by atoms with E-state index in [1.165, 1.54) is 43.5 Å². The van der Waals surface area contributed by atoms with Gasteiger partial charge in [-0.1, -0.05) is 12.1 Å². The van der Waals surface area contributed by atoms with Crippen molar-refractivity contribution in [3.8, 4) is 34.8 Å². The van der Waals surface area contributed by atoms with Crippen molar-refractivity contribution in [2.24, 2.45) is 0 Å². The number of fused-ring (bicyclic) bond motifs is 2. The van der Waals surface area contributed by atoms with Crippen molar-refractivity contribution < 1.29 is 41.7 Å². The minimum atomic E-state index is -3.76. The van der Waals surface area contributed by atoms with E-state index in [-0.39, 0.29) is 22.9 Å². The molecule has 0 amide bonds. The predicted octanol–water partition coefficient (Wildman–Crippen LogP) is 6.59. The fraction of sp³-hybridized carbons (Fsp3) is 0.258. The molecular weight excluding hydrogens is 567 g/mol. The Morgan fingerprint density at radius 3 is 2.74 bits per heavy atom. The summed E-state index contributed by atoms with van der Waals surface area (Å²) in [4.78, 5) is 12.0. The standard InChI is InChI=1S/C31H24F3N3O6/c1-17(18-9-12-25-28(14-18)43-31(33,34)42-25)40-27-15-20(10-11-23(27)32)37-29-22(24(16-35)36-37)7-4-8-26(29)41-21-6-3-5-19(13-21)30(38)39-2/h3,5-6,9-15,17,26H,4,7-8H2,1-2H3/t17-,26-/m0/s1. The predicted molar refractivity (Wildman–Crippen MR) is 144 cm³/mol. The molecule has 2 aliphatic rings. The summed E-state index contributed by atoms with van der Waals surface area (Å²) in [7, 11) is 1.29. The number of hydrogen-bond donors (Lipinski definition) is 0. The summed E-state index contributed by atoms with van der Waals surface area (Å²) in [6.07, 6.45) is -3.09. The highest BCUT2D eigenvalue weighted by Crippen LogP contribution is 2.43. The first-order valence-electron chi connectivity index (χ1n) is 13.4. The molecule has 2 heterocycles. The number of methoxy groups -OCH3 is 1. The fourth-order valence-electron chi connectivity index (χ4n) is 5.21. The van der Waals surface area contributed by atoms with Crippen molar-refractivity contribution in [1.29, 1.82) is 5.26 Å². The Hall–Kier alpha value is -5.18. The smallest absolute Gasteiger partial charge is 0.484 e. The number of benzene rings is 3. The van der Waals surface area contributed by atoms with Gasteiger partial charge in [-0.3, -0.25) is 0 Å². The third kappa shape index (κ3) is 5.41. The van der Waals surface area contributed by atoms with Gasteiger partial charge < -0.3 is 23.7 Å². The van der Waals surface area contributed by atoms with E-state index in [4.69, 9.17) is 14.2 Å². The van der Waals surface area contributed by atoms with Crippen LogP contribution in [0, 0.1) is 17.1 Å². The van der Waals surface area contributed by atoms with Crippen LogP contribution in [0.3, 0.4) is 0 Å². The van der Waals surface area contributed by atoms with Crippen LogP contribution < -0.4 is 18.9 Å². The zero-order valence-electron chi connectivity index (χ0n) is 23.0. The molecule has 1 aliphatic heterocycles. The second-order valence-corrected chi connectivity index (χ2v) is 10.0. The van der Waals surface area contributed by atoms with Gasteiger partial charge in [0.05, 0.1) is 24.1 Å². The third-order valence-corrected chi connectivity index (χ3v) is 7.22. The Morgan fingerprint density at radius 2 is 1.95 bits per heavy atom. The number of nitrogens with zero attached hydrogens (tertiary/aromatic N) is 3. The maximum Gasteiger partial charge on any atom is 0.586 e. The number of halogens is 3. The molecule has 0 saturated carbocycles. The molecule has 0 radical (unpaired) electrons. The minimum Gasteiger partial charge on any atom is -0.484 e. The summed E-state index contributed by atoms with van der Waals surface area (Å²) in [5.74, 6) is -1.10. The lowest BCUT2D eigenvalue weighted by Crippen LogP contribution is -2.25. The van der Waals surface area contributed by atoms with Crippen molar-refractivity contribution in [3.05, 3.63) is 94.6 Å². The molecule has 2 atom stereocenters. The molecule has 4 aromatic rings. The molecule has 0 unspecified atom stereocenters. The number of ether oxygens (including phenoxy) is 5. The molecule has 9 nitrogen and oxygen atoms in total. The molecule has 0 N–H and O–H groups in total. The lowest BCUT2D eigenvalue weighted by Gasteiger charge is -2.26. The van der Waals surface area contributed by atoms with Crippen molar-refractivity contribution in [1.82, 2.24) is 9.78 Å². The molecule has 0 bridgehead atoms.